The highest BCUT2D eigenvalue weighted by atomic mass is 35.5. The Hall–Kier alpha value is -3.96. The molecule has 32 heavy (non-hydrogen) atoms. The molecular weight excluding hydrogens is 426 g/mol. The first-order valence-electron chi connectivity index (χ1n) is 10.1. The fourth-order valence-corrected chi connectivity index (χ4v) is 4.25. The predicted octanol–water partition coefficient (Wildman–Crippen LogP) is 3.94. The van der Waals surface area contributed by atoms with Gasteiger partial charge < -0.3 is 4.57 Å². The summed E-state index contributed by atoms with van der Waals surface area (Å²) in [6, 6.07) is 13.5. The number of unbranched alkanes of at least 4 members (excludes halogenated alkanes) is 1. The molecule has 0 amide bonds. The lowest BCUT2D eigenvalue weighted by atomic mass is 10.2. The van der Waals surface area contributed by atoms with Crippen LogP contribution in [0, 0.1) is 11.3 Å². The lowest BCUT2D eigenvalue weighted by molar-refractivity contribution is 0.621. The Kier molecular flexibility index (Phi) is 5.17. The summed E-state index contributed by atoms with van der Waals surface area (Å²) in [6.07, 6.45) is 7.55. The minimum Gasteiger partial charge on any atom is -0.343 e. The van der Waals surface area contributed by atoms with Crippen LogP contribution in [0.4, 0.5) is 0 Å². The SMILES string of the molecule is N#CCCCn1c(Cn2c(=O)n(-c3ccncn3)c3ccncc32)cc2cc(Cl)ccc21. The Morgan fingerprint density at radius 1 is 1.00 bits per heavy atom. The van der Waals surface area contributed by atoms with Crippen molar-refractivity contribution in [1.82, 2.24) is 28.7 Å². The van der Waals surface area contributed by atoms with E-state index in [1.54, 1.807) is 39.9 Å². The molecule has 0 spiro atoms. The smallest absolute Gasteiger partial charge is 0.335 e. The standard InChI is InChI=1S/C23H18ClN7O/c24-17-3-4-19-16(11-17)12-18(29(19)10-2-1-7-25)14-30-21-13-26-8-5-20(21)31(23(30)32)22-6-9-27-15-28-22/h3-6,8-9,11-13,15H,1-2,10,14H2. The molecule has 5 rings (SSSR count). The van der Waals surface area contributed by atoms with Crippen LogP contribution in [0.2, 0.25) is 5.02 Å². The van der Waals surface area contributed by atoms with E-state index in [2.05, 4.69) is 25.6 Å². The van der Waals surface area contributed by atoms with Crippen molar-refractivity contribution in [3.8, 4) is 11.9 Å². The van der Waals surface area contributed by atoms with E-state index in [9.17, 15) is 4.79 Å². The second-order valence-electron chi connectivity index (χ2n) is 7.39. The van der Waals surface area contributed by atoms with Gasteiger partial charge in [0, 0.05) is 47.0 Å². The summed E-state index contributed by atoms with van der Waals surface area (Å²) in [6.45, 7) is 1.02. The number of halogens is 1. The maximum absolute atomic E-state index is 13.5. The molecule has 5 aromatic rings. The molecule has 4 heterocycles. The maximum Gasteiger partial charge on any atom is 0.335 e. The van der Waals surface area contributed by atoms with E-state index in [1.807, 2.05) is 24.3 Å². The summed E-state index contributed by atoms with van der Waals surface area (Å²) in [4.78, 5) is 25.9. The second kappa shape index (κ2) is 8.29. The van der Waals surface area contributed by atoms with Crippen LogP contribution in [0.25, 0.3) is 27.8 Å². The summed E-state index contributed by atoms with van der Waals surface area (Å²) in [5.41, 5.74) is 3.20. The van der Waals surface area contributed by atoms with Crippen LogP contribution < -0.4 is 5.69 Å². The van der Waals surface area contributed by atoms with Gasteiger partial charge in [-0.1, -0.05) is 11.6 Å². The molecule has 0 fully saturated rings. The molecule has 0 bridgehead atoms. The molecule has 8 nitrogen and oxygen atoms in total. The van der Waals surface area contributed by atoms with Crippen LogP contribution in [0.1, 0.15) is 18.5 Å². The zero-order valence-corrected chi connectivity index (χ0v) is 17.8. The minimum absolute atomic E-state index is 0.210. The summed E-state index contributed by atoms with van der Waals surface area (Å²) >= 11 is 6.21. The van der Waals surface area contributed by atoms with Gasteiger partial charge in [-0.3, -0.25) is 9.55 Å². The largest absolute Gasteiger partial charge is 0.343 e. The first-order chi connectivity index (χ1) is 15.7. The number of aromatic nitrogens is 6. The molecule has 4 aromatic heterocycles. The van der Waals surface area contributed by atoms with Gasteiger partial charge in [0.15, 0.2) is 0 Å². The zero-order chi connectivity index (χ0) is 22.1. The zero-order valence-electron chi connectivity index (χ0n) is 17.0. The molecule has 9 heteroatoms. The van der Waals surface area contributed by atoms with Gasteiger partial charge in [0.05, 0.1) is 29.8 Å². The van der Waals surface area contributed by atoms with Crippen LogP contribution in [-0.2, 0) is 13.1 Å². The van der Waals surface area contributed by atoms with Gasteiger partial charge >= 0.3 is 5.69 Å². The van der Waals surface area contributed by atoms with E-state index < -0.39 is 0 Å². The van der Waals surface area contributed by atoms with E-state index >= 15 is 0 Å². The average Bonchev–Trinajstić information content (AvgIpc) is 3.29. The van der Waals surface area contributed by atoms with Crippen molar-refractivity contribution < 1.29 is 0 Å². The number of aryl methyl sites for hydroxylation is 1. The van der Waals surface area contributed by atoms with Crippen molar-refractivity contribution >= 4 is 33.5 Å². The molecule has 0 atom stereocenters. The number of nitriles is 1. The van der Waals surface area contributed by atoms with Crippen molar-refractivity contribution in [2.45, 2.75) is 25.9 Å². The van der Waals surface area contributed by atoms with Crippen molar-refractivity contribution in [1.29, 1.82) is 5.26 Å². The van der Waals surface area contributed by atoms with Gasteiger partial charge in [-0.15, -0.1) is 0 Å². The van der Waals surface area contributed by atoms with E-state index in [1.165, 1.54) is 6.33 Å². The van der Waals surface area contributed by atoms with E-state index in [-0.39, 0.29) is 5.69 Å². The van der Waals surface area contributed by atoms with Crippen molar-refractivity contribution in [3.05, 3.63) is 82.5 Å². The van der Waals surface area contributed by atoms with Gasteiger partial charge in [0.1, 0.15) is 12.1 Å². The summed E-state index contributed by atoms with van der Waals surface area (Å²) in [5.74, 6) is 0.501. The number of rotatable bonds is 6. The number of hydrogen-bond donors (Lipinski definition) is 0. The molecule has 0 aliphatic carbocycles. The third-order valence-corrected chi connectivity index (χ3v) is 5.70. The molecule has 0 radical (unpaired) electrons. The first kappa shape index (κ1) is 20.0. The number of fused-ring (bicyclic) bond motifs is 2. The summed E-state index contributed by atoms with van der Waals surface area (Å²) in [7, 11) is 0. The molecular formula is C23H18ClN7O. The molecule has 158 valence electrons. The number of nitrogens with zero attached hydrogens (tertiary/aromatic N) is 7. The van der Waals surface area contributed by atoms with Gasteiger partial charge in [-0.25, -0.2) is 19.3 Å². The van der Waals surface area contributed by atoms with Crippen molar-refractivity contribution in [2.24, 2.45) is 0 Å². The summed E-state index contributed by atoms with van der Waals surface area (Å²) in [5, 5.41) is 10.6. The Labute approximate surface area is 188 Å². The van der Waals surface area contributed by atoms with Crippen molar-refractivity contribution in [2.75, 3.05) is 0 Å². The lowest BCUT2D eigenvalue weighted by Crippen LogP contribution is -2.25. The predicted molar refractivity (Wildman–Crippen MR) is 122 cm³/mol. The van der Waals surface area contributed by atoms with E-state index in [0.717, 1.165) is 28.5 Å². The van der Waals surface area contributed by atoms with Gasteiger partial charge in [-0.2, -0.15) is 5.26 Å². The van der Waals surface area contributed by atoms with Crippen LogP contribution in [0.15, 0.2) is 66.1 Å². The van der Waals surface area contributed by atoms with Crippen molar-refractivity contribution in [3.63, 3.8) is 0 Å². The highest BCUT2D eigenvalue weighted by Crippen LogP contribution is 2.26. The molecule has 0 unspecified atom stereocenters. The fraction of sp³-hybridized carbons (Fsp3) is 0.174. The highest BCUT2D eigenvalue weighted by molar-refractivity contribution is 6.31. The van der Waals surface area contributed by atoms with Gasteiger partial charge in [0.25, 0.3) is 0 Å². The number of pyridine rings is 1. The van der Waals surface area contributed by atoms with Gasteiger partial charge in [-0.05, 0) is 42.8 Å². The molecule has 1 aromatic carbocycles. The monoisotopic (exact) mass is 443 g/mol. The normalized spacial score (nSPS) is 11.2. The Bertz CT molecular complexity index is 1530. The maximum atomic E-state index is 13.5. The topological polar surface area (TPSA) is 94.3 Å². The number of benzene rings is 1. The molecule has 0 saturated carbocycles. The third kappa shape index (κ3) is 3.43. The number of hydrogen-bond acceptors (Lipinski definition) is 5. The number of imidazole rings is 1. The van der Waals surface area contributed by atoms with E-state index in [4.69, 9.17) is 16.9 Å². The van der Waals surface area contributed by atoms with Crippen LogP contribution in [0.3, 0.4) is 0 Å². The first-order valence-corrected chi connectivity index (χ1v) is 10.5. The Morgan fingerprint density at radius 2 is 1.88 bits per heavy atom. The molecule has 0 aliphatic heterocycles. The Morgan fingerprint density at radius 3 is 2.69 bits per heavy atom. The molecule has 0 saturated heterocycles. The highest BCUT2D eigenvalue weighted by Gasteiger charge is 2.18. The van der Waals surface area contributed by atoms with Crippen LogP contribution in [0.5, 0.6) is 0 Å². The van der Waals surface area contributed by atoms with Crippen LogP contribution in [-0.4, -0.2) is 28.7 Å². The van der Waals surface area contributed by atoms with Crippen LogP contribution >= 0.6 is 11.6 Å². The third-order valence-electron chi connectivity index (χ3n) is 5.47. The second-order valence-corrected chi connectivity index (χ2v) is 7.82. The summed E-state index contributed by atoms with van der Waals surface area (Å²) < 4.78 is 5.42. The lowest BCUT2D eigenvalue weighted by Gasteiger charge is -2.11. The fourth-order valence-electron chi connectivity index (χ4n) is 4.07. The Balaban J connectivity index is 1.67. The molecule has 0 N–H and O–H groups in total. The minimum atomic E-state index is -0.210. The quantitative estimate of drug-likeness (QED) is 0.370. The molecule has 0 aliphatic rings. The van der Waals surface area contributed by atoms with Gasteiger partial charge in [0.2, 0.25) is 0 Å². The average molecular weight is 444 g/mol. The van der Waals surface area contributed by atoms with E-state index in [0.29, 0.717) is 35.9 Å².